The van der Waals surface area contributed by atoms with Gasteiger partial charge in [0.15, 0.2) is 17.7 Å². The molecule has 10 nitrogen and oxygen atoms in total. The summed E-state index contributed by atoms with van der Waals surface area (Å²) in [7, 11) is 0. The van der Waals surface area contributed by atoms with Crippen LogP contribution in [0.4, 0.5) is 17.5 Å². The Morgan fingerprint density at radius 3 is 2.60 bits per heavy atom. The summed E-state index contributed by atoms with van der Waals surface area (Å²) in [5, 5.41) is 32.8. The Balaban J connectivity index is 1.61. The second-order valence-electron chi connectivity index (χ2n) is 7.41. The molecule has 0 bridgehead atoms. The van der Waals surface area contributed by atoms with E-state index in [1.807, 2.05) is 12.1 Å². The molecule has 4 atom stereocenters. The van der Waals surface area contributed by atoms with Gasteiger partial charge in [0, 0.05) is 5.69 Å². The summed E-state index contributed by atoms with van der Waals surface area (Å²) in [5.74, 6) is 0.447. The molecule has 0 saturated carbocycles. The summed E-state index contributed by atoms with van der Waals surface area (Å²) in [6.45, 7) is 1.75. The third-order valence-corrected chi connectivity index (χ3v) is 5.27. The zero-order valence-corrected chi connectivity index (χ0v) is 16.6. The van der Waals surface area contributed by atoms with Gasteiger partial charge in [-0.1, -0.05) is 25.5 Å². The molecule has 0 unspecified atom stereocenters. The average molecular weight is 414 g/mol. The number of hydrogen-bond acceptors (Lipinski definition) is 9. The van der Waals surface area contributed by atoms with Crippen molar-refractivity contribution in [1.82, 2.24) is 19.5 Å². The van der Waals surface area contributed by atoms with Gasteiger partial charge < -0.3 is 31.1 Å². The van der Waals surface area contributed by atoms with Gasteiger partial charge in [0.2, 0.25) is 5.95 Å². The molecule has 0 radical (unpaired) electrons. The first-order chi connectivity index (χ1) is 14.5. The minimum absolute atomic E-state index is 0.174. The van der Waals surface area contributed by atoms with Gasteiger partial charge in [-0.3, -0.25) is 4.57 Å². The lowest BCUT2D eigenvalue weighted by molar-refractivity contribution is -0.0511. The van der Waals surface area contributed by atoms with E-state index >= 15 is 0 Å². The minimum atomic E-state index is -1.25. The van der Waals surface area contributed by atoms with Crippen LogP contribution in [0.15, 0.2) is 30.6 Å². The number of aromatic nitrogens is 4. The number of nitrogens with two attached hydrogens (primary N) is 1. The number of anilines is 3. The lowest BCUT2D eigenvalue weighted by Gasteiger charge is -2.17. The highest BCUT2D eigenvalue weighted by atomic mass is 16.6. The Morgan fingerprint density at radius 2 is 1.93 bits per heavy atom. The summed E-state index contributed by atoms with van der Waals surface area (Å²) in [4.78, 5) is 13.0. The summed E-state index contributed by atoms with van der Waals surface area (Å²) in [5.41, 5.74) is 8.84. The quantitative estimate of drug-likeness (QED) is 0.383. The summed E-state index contributed by atoms with van der Waals surface area (Å²) < 4.78 is 7.06. The van der Waals surface area contributed by atoms with E-state index in [1.165, 1.54) is 16.5 Å². The highest BCUT2D eigenvalue weighted by Crippen LogP contribution is 2.32. The number of rotatable bonds is 7. The smallest absolute Gasteiger partial charge is 0.231 e. The molecule has 0 aliphatic carbocycles. The molecule has 3 aromatic rings. The lowest BCUT2D eigenvalue weighted by Crippen LogP contribution is -2.33. The molecular weight excluding hydrogens is 388 g/mol. The van der Waals surface area contributed by atoms with Gasteiger partial charge in [-0.15, -0.1) is 0 Å². The topological polar surface area (TPSA) is 152 Å². The molecule has 160 valence electrons. The van der Waals surface area contributed by atoms with Gasteiger partial charge in [-0.25, -0.2) is 4.98 Å². The number of aliphatic hydroxyl groups excluding tert-OH is 3. The van der Waals surface area contributed by atoms with E-state index in [-0.39, 0.29) is 11.8 Å². The van der Waals surface area contributed by atoms with Crippen molar-refractivity contribution in [2.45, 2.75) is 50.7 Å². The number of imidazole rings is 1. The van der Waals surface area contributed by atoms with Gasteiger partial charge in [0.1, 0.15) is 23.8 Å². The number of nitrogens with one attached hydrogen (secondary N) is 1. The SMILES string of the molecule is CCCCc1ccc(Nc2nc(N)c3ncn([C@@H]4O[C@H](CO)[C@@H](O)[C@H]4O)c3n2)cc1. The Kier molecular flexibility index (Phi) is 5.82. The van der Waals surface area contributed by atoms with Gasteiger partial charge in [-0.05, 0) is 30.5 Å². The average Bonchev–Trinajstić information content (AvgIpc) is 3.29. The molecular formula is C20H26N6O4. The maximum atomic E-state index is 10.3. The highest BCUT2D eigenvalue weighted by Gasteiger charge is 2.44. The number of nitrogens with zero attached hydrogens (tertiary/aromatic N) is 4. The van der Waals surface area contributed by atoms with Crippen LogP contribution in [0.2, 0.25) is 0 Å². The van der Waals surface area contributed by atoms with Crippen LogP contribution in [-0.2, 0) is 11.2 Å². The number of ether oxygens (including phenoxy) is 1. The number of nitrogen functional groups attached to an aromatic ring is 1. The summed E-state index contributed by atoms with van der Waals surface area (Å²) >= 11 is 0. The maximum Gasteiger partial charge on any atom is 0.231 e. The van der Waals surface area contributed by atoms with E-state index in [9.17, 15) is 15.3 Å². The molecule has 1 aliphatic heterocycles. The van der Waals surface area contributed by atoms with Crippen LogP contribution >= 0.6 is 0 Å². The fourth-order valence-electron chi connectivity index (χ4n) is 3.56. The van der Waals surface area contributed by atoms with Crippen molar-refractivity contribution >= 4 is 28.6 Å². The summed E-state index contributed by atoms with van der Waals surface area (Å²) in [6, 6.07) is 8.03. The van der Waals surface area contributed by atoms with Crippen molar-refractivity contribution in [3.8, 4) is 0 Å². The van der Waals surface area contributed by atoms with Crippen LogP contribution in [0.25, 0.3) is 11.2 Å². The Bertz CT molecular complexity index is 1010. The predicted octanol–water partition coefficient (Wildman–Crippen LogP) is 1.11. The van der Waals surface area contributed by atoms with E-state index in [0.29, 0.717) is 11.2 Å². The van der Waals surface area contributed by atoms with E-state index in [1.54, 1.807) is 0 Å². The van der Waals surface area contributed by atoms with Crippen molar-refractivity contribution in [2.75, 3.05) is 17.7 Å². The molecule has 1 aliphatic rings. The van der Waals surface area contributed by atoms with Crippen LogP contribution in [0.1, 0.15) is 31.6 Å². The van der Waals surface area contributed by atoms with Crippen LogP contribution in [0, 0.1) is 0 Å². The first-order valence-electron chi connectivity index (χ1n) is 10.00. The first kappa shape index (κ1) is 20.5. The van der Waals surface area contributed by atoms with E-state index in [2.05, 4.69) is 39.3 Å². The van der Waals surface area contributed by atoms with Gasteiger partial charge in [0.05, 0.1) is 12.9 Å². The molecule has 0 spiro atoms. The van der Waals surface area contributed by atoms with Gasteiger partial charge in [-0.2, -0.15) is 9.97 Å². The zero-order chi connectivity index (χ0) is 21.3. The highest BCUT2D eigenvalue weighted by molar-refractivity contribution is 5.83. The monoisotopic (exact) mass is 414 g/mol. The minimum Gasteiger partial charge on any atom is -0.394 e. The van der Waals surface area contributed by atoms with Crippen molar-refractivity contribution in [3.63, 3.8) is 0 Å². The van der Waals surface area contributed by atoms with Crippen LogP contribution < -0.4 is 11.1 Å². The zero-order valence-electron chi connectivity index (χ0n) is 16.6. The number of fused-ring (bicyclic) bond motifs is 1. The normalized spacial score (nSPS) is 23.9. The largest absolute Gasteiger partial charge is 0.394 e. The number of unbranched alkanes of at least 4 members (excludes halogenated alkanes) is 1. The molecule has 3 heterocycles. The standard InChI is InChI=1S/C20H26N6O4/c1-2-3-4-11-5-7-12(8-6-11)23-20-24-17(21)14-18(25-20)26(10-22-14)19-16(29)15(28)13(9-27)30-19/h5-8,10,13,15-16,19,27-29H,2-4,9H2,1H3,(H3,21,23,24,25)/t13-,15-,16-,19-/m1/s1. The van der Waals surface area contributed by atoms with Crippen LogP contribution in [-0.4, -0.2) is 59.8 Å². The van der Waals surface area contributed by atoms with Gasteiger partial charge >= 0.3 is 0 Å². The second kappa shape index (κ2) is 8.52. The number of hydrogen-bond donors (Lipinski definition) is 5. The number of benzene rings is 1. The molecule has 2 aromatic heterocycles. The molecule has 6 N–H and O–H groups in total. The molecule has 4 rings (SSSR count). The molecule has 30 heavy (non-hydrogen) atoms. The predicted molar refractivity (Wildman–Crippen MR) is 111 cm³/mol. The Hall–Kier alpha value is -2.79. The third kappa shape index (κ3) is 3.82. The van der Waals surface area contributed by atoms with E-state index < -0.39 is 31.1 Å². The third-order valence-electron chi connectivity index (χ3n) is 5.27. The fraction of sp³-hybridized carbons (Fsp3) is 0.450. The van der Waals surface area contributed by atoms with E-state index in [0.717, 1.165) is 24.9 Å². The van der Waals surface area contributed by atoms with Crippen LogP contribution in [0.3, 0.4) is 0 Å². The molecule has 0 amide bonds. The maximum absolute atomic E-state index is 10.3. The Labute approximate surface area is 173 Å². The number of aliphatic hydroxyl groups is 3. The molecule has 1 aromatic carbocycles. The van der Waals surface area contributed by atoms with Crippen molar-refractivity contribution in [1.29, 1.82) is 0 Å². The molecule has 1 saturated heterocycles. The molecule has 1 fully saturated rings. The lowest BCUT2D eigenvalue weighted by atomic mass is 10.1. The number of aryl methyl sites for hydroxylation is 1. The fourth-order valence-corrected chi connectivity index (χ4v) is 3.56. The second-order valence-corrected chi connectivity index (χ2v) is 7.41. The van der Waals surface area contributed by atoms with E-state index in [4.69, 9.17) is 10.5 Å². The van der Waals surface area contributed by atoms with Crippen LogP contribution in [0.5, 0.6) is 0 Å². The van der Waals surface area contributed by atoms with Crippen molar-refractivity contribution in [3.05, 3.63) is 36.2 Å². The van der Waals surface area contributed by atoms with Gasteiger partial charge in [0.25, 0.3) is 0 Å². The van der Waals surface area contributed by atoms with Crippen molar-refractivity contribution < 1.29 is 20.1 Å². The Morgan fingerprint density at radius 1 is 1.17 bits per heavy atom. The first-order valence-corrected chi connectivity index (χ1v) is 10.00. The molecule has 10 heteroatoms. The van der Waals surface area contributed by atoms with Crippen molar-refractivity contribution in [2.24, 2.45) is 0 Å². The summed E-state index contributed by atoms with van der Waals surface area (Å²) in [6.07, 6.45) is 0.429.